The molecule has 3 aromatic carbocycles. The highest BCUT2D eigenvalue weighted by Gasteiger charge is 2.19. The van der Waals surface area contributed by atoms with E-state index in [1.165, 1.54) is 11.1 Å². The monoisotopic (exact) mass is 410 g/mol. The highest BCUT2D eigenvalue weighted by molar-refractivity contribution is 5.88. The summed E-state index contributed by atoms with van der Waals surface area (Å²) in [6.07, 6.45) is 0. The van der Waals surface area contributed by atoms with Gasteiger partial charge in [-0.3, -0.25) is 0 Å². The Hall–Kier alpha value is -3.44. The molecule has 0 atom stereocenters. The number of ether oxygens (including phenoxy) is 1. The van der Waals surface area contributed by atoms with Gasteiger partial charge in [0.25, 0.3) is 0 Å². The number of allylic oxidation sites excluding steroid dienone is 1. The molecular weight excluding hydrogens is 380 g/mol. The van der Waals surface area contributed by atoms with E-state index in [0.29, 0.717) is 0 Å². The van der Waals surface area contributed by atoms with Crippen molar-refractivity contribution in [2.75, 3.05) is 7.11 Å². The van der Waals surface area contributed by atoms with Crippen molar-refractivity contribution >= 4 is 5.57 Å². The Morgan fingerprint density at radius 3 is 1.52 bits per heavy atom. The predicted octanol–water partition coefficient (Wildman–Crippen LogP) is 6.91. The SMILES string of the molecule is COc1ccc(C#CC(O)=C(c2c(C)cc(C)cc2C)c2c(C)cc(C)cc2C)cc1. The summed E-state index contributed by atoms with van der Waals surface area (Å²) < 4.78 is 5.21. The molecule has 0 bridgehead atoms. The van der Waals surface area contributed by atoms with Crippen LogP contribution in [-0.2, 0) is 0 Å². The van der Waals surface area contributed by atoms with Crippen molar-refractivity contribution in [3.63, 3.8) is 0 Å². The van der Waals surface area contributed by atoms with Gasteiger partial charge in [0.15, 0.2) is 5.76 Å². The molecule has 1 N–H and O–H groups in total. The first-order valence-corrected chi connectivity index (χ1v) is 10.5. The predicted molar refractivity (Wildman–Crippen MR) is 130 cm³/mol. The third-order valence-corrected chi connectivity index (χ3v) is 5.51. The van der Waals surface area contributed by atoms with Crippen LogP contribution in [-0.4, -0.2) is 12.2 Å². The van der Waals surface area contributed by atoms with Gasteiger partial charge in [-0.25, -0.2) is 0 Å². The van der Waals surface area contributed by atoms with E-state index in [0.717, 1.165) is 50.3 Å². The second-order valence-electron chi connectivity index (χ2n) is 8.25. The lowest BCUT2D eigenvalue weighted by molar-refractivity contribution is 0.415. The van der Waals surface area contributed by atoms with Gasteiger partial charge in [0.2, 0.25) is 0 Å². The van der Waals surface area contributed by atoms with Crippen LogP contribution in [0.1, 0.15) is 50.1 Å². The molecule has 3 rings (SSSR count). The lowest BCUT2D eigenvalue weighted by Crippen LogP contribution is -2.04. The summed E-state index contributed by atoms with van der Waals surface area (Å²) in [5.74, 6) is 6.98. The zero-order valence-electron chi connectivity index (χ0n) is 19.5. The number of aryl methyl sites for hydroxylation is 6. The molecule has 2 nitrogen and oxygen atoms in total. The quantitative estimate of drug-likeness (QED) is 0.375. The standard InChI is InChI=1S/C29H30O2/c1-18-14-20(3)27(21(4)15-18)29(28-22(5)16-19(2)17-23(28)6)26(30)13-10-24-8-11-25(31-7)12-9-24/h8-9,11-12,14-17,30H,1-7H3. The fourth-order valence-corrected chi connectivity index (χ4v) is 4.38. The Balaban J connectivity index is 2.28. The zero-order valence-corrected chi connectivity index (χ0v) is 19.5. The number of aliphatic hydroxyl groups is 1. The van der Waals surface area contributed by atoms with Crippen LogP contribution in [0.25, 0.3) is 5.57 Å². The molecule has 2 heteroatoms. The molecule has 0 saturated carbocycles. The van der Waals surface area contributed by atoms with Crippen LogP contribution in [0.3, 0.4) is 0 Å². The summed E-state index contributed by atoms with van der Waals surface area (Å²) in [6.45, 7) is 12.6. The number of methoxy groups -OCH3 is 1. The van der Waals surface area contributed by atoms with Gasteiger partial charge in [-0.15, -0.1) is 0 Å². The number of hydrogen-bond acceptors (Lipinski definition) is 2. The van der Waals surface area contributed by atoms with Crippen molar-refractivity contribution in [3.8, 4) is 17.6 Å². The molecule has 0 amide bonds. The molecule has 0 aliphatic rings. The molecule has 0 spiro atoms. The molecule has 3 aromatic rings. The highest BCUT2D eigenvalue weighted by atomic mass is 16.5. The molecular formula is C29H30O2. The first kappa shape index (κ1) is 22.2. The van der Waals surface area contributed by atoms with Crippen molar-refractivity contribution in [2.24, 2.45) is 0 Å². The molecule has 0 saturated heterocycles. The van der Waals surface area contributed by atoms with E-state index in [2.05, 4.69) is 77.6 Å². The van der Waals surface area contributed by atoms with Crippen molar-refractivity contribution in [2.45, 2.75) is 41.5 Å². The molecule has 0 radical (unpaired) electrons. The van der Waals surface area contributed by atoms with Gasteiger partial charge < -0.3 is 9.84 Å². The van der Waals surface area contributed by atoms with E-state index in [-0.39, 0.29) is 5.76 Å². The maximum atomic E-state index is 11.3. The molecule has 0 aliphatic heterocycles. The van der Waals surface area contributed by atoms with E-state index in [4.69, 9.17) is 4.74 Å². The van der Waals surface area contributed by atoms with Crippen LogP contribution in [0.15, 0.2) is 54.3 Å². The van der Waals surface area contributed by atoms with Crippen LogP contribution in [0.4, 0.5) is 0 Å². The third kappa shape index (κ3) is 4.84. The van der Waals surface area contributed by atoms with Crippen LogP contribution in [0, 0.1) is 53.4 Å². The largest absolute Gasteiger partial charge is 0.500 e. The minimum absolute atomic E-state index is 0.0842. The Labute approximate surface area is 186 Å². The van der Waals surface area contributed by atoms with Crippen LogP contribution in [0.5, 0.6) is 5.75 Å². The first-order chi connectivity index (χ1) is 14.7. The lowest BCUT2D eigenvalue weighted by atomic mass is 9.84. The topological polar surface area (TPSA) is 29.5 Å². The summed E-state index contributed by atoms with van der Waals surface area (Å²) >= 11 is 0. The van der Waals surface area contributed by atoms with Crippen molar-refractivity contribution in [1.29, 1.82) is 0 Å². The Morgan fingerprint density at radius 2 is 1.13 bits per heavy atom. The van der Waals surface area contributed by atoms with Crippen LogP contribution in [0.2, 0.25) is 0 Å². The van der Waals surface area contributed by atoms with Gasteiger partial charge in [0, 0.05) is 11.1 Å². The minimum Gasteiger partial charge on any atom is -0.500 e. The summed E-state index contributed by atoms with van der Waals surface area (Å²) in [5.41, 5.74) is 10.6. The number of hydrogen-bond donors (Lipinski definition) is 1. The lowest BCUT2D eigenvalue weighted by Gasteiger charge is -2.20. The average molecular weight is 411 g/mol. The van der Waals surface area contributed by atoms with E-state index < -0.39 is 0 Å². The summed E-state index contributed by atoms with van der Waals surface area (Å²) in [4.78, 5) is 0. The fourth-order valence-electron chi connectivity index (χ4n) is 4.38. The Bertz CT molecular complexity index is 1110. The van der Waals surface area contributed by atoms with E-state index in [9.17, 15) is 5.11 Å². The molecule has 0 heterocycles. The molecule has 0 fully saturated rings. The van der Waals surface area contributed by atoms with Crippen molar-refractivity contribution in [1.82, 2.24) is 0 Å². The van der Waals surface area contributed by atoms with Gasteiger partial charge in [0.05, 0.1) is 7.11 Å². The van der Waals surface area contributed by atoms with Crippen LogP contribution < -0.4 is 4.74 Å². The molecule has 31 heavy (non-hydrogen) atoms. The van der Waals surface area contributed by atoms with E-state index >= 15 is 0 Å². The maximum Gasteiger partial charge on any atom is 0.176 e. The van der Waals surface area contributed by atoms with Crippen molar-refractivity contribution in [3.05, 3.63) is 104 Å². The summed E-state index contributed by atoms with van der Waals surface area (Å²) in [7, 11) is 1.64. The average Bonchev–Trinajstić information content (AvgIpc) is 2.69. The second-order valence-corrected chi connectivity index (χ2v) is 8.25. The maximum absolute atomic E-state index is 11.3. The first-order valence-electron chi connectivity index (χ1n) is 10.5. The minimum atomic E-state index is 0.0842. The van der Waals surface area contributed by atoms with Gasteiger partial charge in [-0.2, -0.15) is 0 Å². The van der Waals surface area contributed by atoms with Gasteiger partial charge in [-0.1, -0.05) is 41.3 Å². The Morgan fingerprint density at radius 1 is 0.710 bits per heavy atom. The molecule has 0 aliphatic carbocycles. The Kier molecular flexibility index (Phi) is 6.56. The smallest absolute Gasteiger partial charge is 0.176 e. The molecule has 0 unspecified atom stereocenters. The fraction of sp³-hybridized carbons (Fsp3) is 0.241. The second kappa shape index (κ2) is 9.14. The zero-order chi connectivity index (χ0) is 22.7. The van der Waals surface area contributed by atoms with E-state index in [1.54, 1.807) is 7.11 Å². The molecule has 158 valence electrons. The molecule has 0 aromatic heterocycles. The number of rotatable bonds is 3. The van der Waals surface area contributed by atoms with Gasteiger partial charge >= 0.3 is 0 Å². The summed E-state index contributed by atoms with van der Waals surface area (Å²) in [5, 5.41) is 11.3. The number of benzene rings is 3. The summed E-state index contributed by atoms with van der Waals surface area (Å²) in [6, 6.07) is 16.2. The number of aliphatic hydroxyl groups excluding tert-OH is 1. The highest BCUT2D eigenvalue weighted by Crippen LogP contribution is 2.36. The van der Waals surface area contributed by atoms with E-state index in [1.807, 2.05) is 24.3 Å². The van der Waals surface area contributed by atoms with Crippen molar-refractivity contribution < 1.29 is 9.84 Å². The van der Waals surface area contributed by atoms with Gasteiger partial charge in [0.1, 0.15) is 5.75 Å². The van der Waals surface area contributed by atoms with Crippen LogP contribution >= 0.6 is 0 Å². The van der Waals surface area contributed by atoms with Gasteiger partial charge in [-0.05, 0) is 105 Å². The normalized spacial score (nSPS) is 10.3. The third-order valence-electron chi connectivity index (χ3n) is 5.51.